The highest BCUT2D eigenvalue weighted by molar-refractivity contribution is 9.10. The molecule has 0 fully saturated rings. The third-order valence-corrected chi connectivity index (χ3v) is 2.86. The Morgan fingerprint density at radius 3 is 2.76 bits per heavy atom. The highest BCUT2D eigenvalue weighted by atomic mass is 79.9. The minimum absolute atomic E-state index is 0.176. The average molecular weight is 303 g/mol. The molecule has 1 amide bonds. The highest BCUT2D eigenvalue weighted by Crippen LogP contribution is 2.16. The Balaban J connectivity index is 2.44. The van der Waals surface area contributed by atoms with E-state index >= 15 is 0 Å². The first-order chi connectivity index (χ1) is 8.00. The summed E-state index contributed by atoms with van der Waals surface area (Å²) in [5.74, 6) is -0.543. The van der Waals surface area contributed by atoms with Crippen molar-refractivity contribution in [3.05, 3.63) is 34.1 Å². The summed E-state index contributed by atoms with van der Waals surface area (Å²) >= 11 is 3.05. The van der Waals surface area contributed by atoms with Crippen LogP contribution >= 0.6 is 15.9 Å². The van der Waals surface area contributed by atoms with Gasteiger partial charge in [0.05, 0.1) is 4.47 Å². The molecule has 0 radical (unpaired) electrons. The fourth-order valence-corrected chi connectivity index (χ4v) is 1.72. The van der Waals surface area contributed by atoms with Crippen LogP contribution in [0.15, 0.2) is 22.7 Å². The van der Waals surface area contributed by atoms with Gasteiger partial charge >= 0.3 is 0 Å². The van der Waals surface area contributed by atoms with Crippen LogP contribution in [-0.4, -0.2) is 38.0 Å². The van der Waals surface area contributed by atoms with E-state index in [9.17, 15) is 9.18 Å². The number of rotatable bonds is 5. The molecule has 0 saturated heterocycles. The van der Waals surface area contributed by atoms with E-state index in [1.54, 1.807) is 0 Å². The van der Waals surface area contributed by atoms with Gasteiger partial charge in [-0.2, -0.15) is 0 Å². The van der Waals surface area contributed by atoms with E-state index < -0.39 is 0 Å². The van der Waals surface area contributed by atoms with E-state index in [2.05, 4.69) is 26.1 Å². The predicted molar refractivity (Wildman–Crippen MR) is 69.6 cm³/mol. The smallest absolute Gasteiger partial charge is 0.251 e. The van der Waals surface area contributed by atoms with Gasteiger partial charge in [-0.15, -0.1) is 0 Å². The number of benzene rings is 1. The van der Waals surface area contributed by atoms with Gasteiger partial charge in [0.25, 0.3) is 5.91 Å². The zero-order valence-electron chi connectivity index (χ0n) is 9.96. The molecule has 0 bridgehead atoms. The molecule has 0 aliphatic rings. The molecule has 94 valence electrons. The molecule has 1 aromatic rings. The van der Waals surface area contributed by atoms with Gasteiger partial charge in [-0.25, -0.2) is 4.39 Å². The lowest BCUT2D eigenvalue weighted by Gasteiger charge is -2.10. The molecule has 5 heteroatoms. The number of carbonyl (C=O) groups is 1. The van der Waals surface area contributed by atoms with Gasteiger partial charge in [-0.05, 0) is 61.2 Å². The topological polar surface area (TPSA) is 32.3 Å². The van der Waals surface area contributed by atoms with E-state index in [-0.39, 0.29) is 11.7 Å². The van der Waals surface area contributed by atoms with Crippen LogP contribution in [0, 0.1) is 5.82 Å². The number of carbonyl (C=O) groups excluding carboxylic acids is 1. The van der Waals surface area contributed by atoms with E-state index in [1.165, 1.54) is 18.2 Å². The van der Waals surface area contributed by atoms with Gasteiger partial charge in [0.1, 0.15) is 5.82 Å². The SMILES string of the molecule is CN(C)CCCNC(=O)c1ccc(F)c(Br)c1. The first-order valence-electron chi connectivity index (χ1n) is 5.38. The molecule has 1 N–H and O–H groups in total. The molecule has 0 unspecified atom stereocenters. The summed E-state index contributed by atoms with van der Waals surface area (Å²) in [7, 11) is 3.97. The highest BCUT2D eigenvalue weighted by Gasteiger charge is 2.07. The normalized spacial score (nSPS) is 10.6. The summed E-state index contributed by atoms with van der Waals surface area (Å²) < 4.78 is 13.3. The summed E-state index contributed by atoms with van der Waals surface area (Å²) in [5, 5.41) is 2.79. The summed E-state index contributed by atoms with van der Waals surface area (Å²) in [5.41, 5.74) is 0.461. The molecule has 0 aromatic heterocycles. The van der Waals surface area contributed by atoms with Gasteiger partial charge < -0.3 is 10.2 Å². The van der Waals surface area contributed by atoms with Crippen LogP contribution in [0.1, 0.15) is 16.8 Å². The van der Waals surface area contributed by atoms with E-state index in [1.807, 2.05) is 14.1 Å². The fraction of sp³-hybridized carbons (Fsp3) is 0.417. The largest absolute Gasteiger partial charge is 0.352 e. The minimum atomic E-state index is -0.367. The number of hydrogen-bond acceptors (Lipinski definition) is 2. The van der Waals surface area contributed by atoms with Gasteiger partial charge in [0.15, 0.2) is 0 Å². The van der Waals surface area contributed by atoms with Crippen molar-refractivity contribution in [2.24, 2.45) is 0 Å². The van der Waals surface area contributed by atoms with Crippen molar-refractivity contribution >= 4 is 21.8 Å². The van der Waals surface area contributed by atoms with Crippen LogP contribution in [0.2, 0.25) is 0 Å². The molecular formula is C12H16BrFN2O. The van der Waals surface area contributed by atoms with Crippen molar-refractivity contribution in [2.45, 2.75) is 6.42 Å². The molecule has 0 atom stereocenters. The van der Waals surface area contributed by atoms with Crippen LogP contribution in [0.3, 0.4) is 0 Å². The van der Waals surface area contributed by atoms with Crippen LogP contribution in [0.5, 0.6) is 0 Å². The lowest BCUT2D eigenvalue weighted by molar-refractivity contribution is 0.0952. The Morgan fingerprint density at radius 2 is 2.18 bits per heavy atom. The fourth-order valence-electron chi connectivity index (χ4n) is 1.34. The van der Waals surface area contributed by atoms with Gasteiger partial charge in [0, 0.05) is 12.1 Å². The molecule has 3 nitrogen and oxygen atoms in total. The van der Waals surface area contributed by atoms with Crippen molar-refractivity contribution in [2.75, 3.05) is 27.2 Å². The maximum absolute atomic E-state index is 13.0. The number of amides is 1. The third-order valence-electron chi connectivity index (χ3n) is 2.25. The second-order valence-corrected chi connectivity index (χ2v) is 4.90. The van der Waals surface area contributed by atoms with Crippen LogP contribution in [0.25, 0.3) is 0 Å². The molecule has 0 aliphatic carbocycles. The van der Waals surface area contributed by atoms with Crippen LogP contribution < -0.4 is 5.32 Å². The Hall–Kier alpha value is -0.940. The molecule has 1 aromatic carbocycles. The maximum Gasteiger partial charge on any atom is 0.251 e. The van der Waals surface area contributed by atoms with Crippen molar-refractivity contribution < 1.29 is 9.18 Å². The molecule has 17 heavy (non-hydrogen) atoms. The van der Waals surface area contributed by atoms with Crippen LogP contribution in [0.4, 0.5) is 4.39 Å². The monoisotopic (exact) mass is 302 g/mol. The lowest BCUT2D eigenvalue weighted by Crippen LogP contribution is -2.27. The average Bonchev–Trinajstić information content (AvgIpc) is 2.27. The Bertz CT molecular complexity index is 396. The zero-order valence-corrected chi connectivity index (χ0v) is 11.6. The predicted octanol–water partition coefficient (Wildman–Crippen LogP) is 2.27. The maximum atomic E-state index is 13.0. The Kier molecular flexibility index (Phi) is 5.58. The number of halogens is 2. The van der Waals surface area contributed by atoms with Crippen molar-refractivity contribution in [1.29, 1.82) is 0 Å². The van der Waals surface area contributed by atoms with E-state index in [0.29, 0.717) is 16.6 Å². The summed E-state index contributed by atoms with van der Waals surface area (Å²) in [6, 6.07) is 4.23. The second-order valence-electron chi connectivity index (χ2n) is 4.04. The van der Waals surface area contributed by atoms with Crippen molar-refractivity contribution in [3.63, 3.8) is 0 Å². The molecule has 0 spiro atoms. The minimum Gasteiger partial charge on any atom is -0.352 e. The third kappa shape index (κ3) is 4.83. The lowest BCUT2D eigenvalue weighted by atomic mass is 10.2. The van der Waals surface area contributed by atoms with Gasteiger partial charge in [0.2, 0.25) is 0 Å². The molecular weight excluding hydrogens is 287 g/mol. The Labute approximate surface area is 109 Å². The van der Waals surface area contributed by atoms with Gasteiger partial charge in [-0.3, -0.25) is 4.79 Å². The molecule has 1 rings (SSSR count). The van der Waals surface area contributed by atoms with E-state index in [4.69, 9.17) is 0 Å². The second kappa shape index (κ2) is 6.71. The first-order valence-corrected chi connectivity index (χ1v) is 6.18. The number of nitrogens with one attached hydrogen (secondary N) is 1. The van der Waals surface area contributed by atoms with Crippen molar-refractivity contribution in [1.82, 2.24) is 10.2 Å². The van der Waals surface area contributed by atoms with Crippen LogP contribution in [-0.2, 0) is 0 Å². The molecule has 0 saturated carbocycles. The Morgan fingerprint density at radius 1 is 1.47 bits per heavy atom. The summed E-state index contributed by atoms with van der Waals surface area (Å²) in [4.78, 5) is 13.7. The standard InChI is InChI=1S/C12H16BrFN2O/c1-16(2)7-3-6-15-12(17)9-4-5-11(14)10(13)8-9/h4-5,8H,3,6-7H2,1-2H3,(H,15,17). The van der Waals surface area contributed by atoms with Crippen molar-refractivity contribution in [3.8, 4) is 0 Å². The molecule has 0 heterocycles. The quantitative estimate of drug-likeness (QED) is 0.846. The molecule has 0 aliphatic heterocycles. The van der Waals surface area contributed by atoms with Gasteiger partial charge in [-0.1, -0.05) is 0 Å². The summed E-state index contributed by atoms with van der Waals surface area (Å²) in [6.45, 7) is 1.54. The number of nitrogens with zero attached hydrogens (tertiary/aromatic N) is 1. The zero-order chi connectivity index (χ0) is 12.8. The summed E-state index contributed by atoms with van der Waals surface area (Å²) in [6.07, 6.45) is 0.890. The first kappa shape index (κ1) is 14.1. The number of hydrogen-bond donors (Lipinski definition) is 1. The van der Waals surface area contributed by atoms with E-state index in [0.717, 1.165) is 13.0 Å².